The van der Waals surface area contributed by atoms with E-state index in [0.717, 1.165) is 11.3 Å². The summed E-state index contributed by atoms with van der Waals surface area (Å²) in [6.45, 7) is 6.61. The monoisotopic (exact) mass is 268 g/mol. The molecule has 0 saturated carbocycles. The SMILES string of the molecule is C[Si](C)(C)O/C(=C/c1ccccc1)c1ccccc1. The highest BCUT2D eigenvalue weighted by atomic mass is 28.4. The van der Waals surface area contributed by atoms with Crippen molar-refractivity contribution in [1.82, 2.24) is 0 Å². The fraction of sp³-hybridized carbons (Fsp3) is 0.176. The maximum Gasteiger partial charge on any atom is 0.242 e. The minimum Gasteiger partial charge on any atom is -0.544 e. The quantitative estimate of drug-likeness (QED) is 0.429. The molecule has 2 aromatic rings. The predicted molar refractivity (Wildman–Crippen MR) is 85.2 cm³/mol. The normalized spacial score (nSPS) is 12.3. The van der Waals surface area contributed by atoms with Crippen LogP contribution in [0.15, 0.2) is 60.7 Å². The second-order valence-electron chi connectivity index (χ2n) is 5.50. The van der Waals surface area contributed by atoms with Crippen molar-refractivity contribution in [3.63, 3.8) is 0 Å². The summed E-state index contributed by atoms with van der Waals surface area (Å²) in [7, 11) is -1.63. The topological polar surface area (TPSA) is 9.23 Å². The molecule has 0 bridgehead atoms. The third kappa shape index (κ3) is 4.41. The molecule has 0 N–H and O–H groups in total. The zero-order chi connectivity index (χ0) is 13.7. The number of benzene rings is 2. The third-order valence-electron chi connectivity index (χ3n) is 2.57. The average molecular weight is 268 g/mol. The Morgan fingerprint density at radius 2 is 1.37 bits per heavy atom. The van der Waals surface area contributed by atoms with Crippen LogP contribution in [0.1, 0.15) is 11.1 Å². The van der Waals surface area contributed by atoms with E-state index in [9.17, 15) is 0 Å². The van der Waals surface area contributed by atoms with Crippen LogP contribution in [0.4, 0.5) is 0 Å². The van der Waals surface area contributed by atoms with Gasteiger partial charge in [0.2, 0.25) is 8.32 Å². The highest BCUT2D eigenvalue weighted by Crippen LogP contribution is 2.23. The lowest BCUT2D eigenvalue weighted by molar-refractivity contribution is 0.518. The van der Waals surface area contributed by atoms with Gasteiger partial charge in [0, 0.05) is 5.56 Å². The van der Waals surface area contributed by atoms with Crippen LogP contribution in [-0.2, 0) is 4.43 Å². The zero-order valence-electron chi connectivity index (χ0n) is 11.8. The fourth-order valence-corrected chi connectivity index (χ4v) is 2.64. The molecule has 0 aliphatic heterocycles. The van der Waals surface area contributed by atoms with Crippen LogP contribution in [0.3, 0.4) is 0 Å². The molecule has 2 heteroatoms. The Hall–Kier alpha value is -1.80. The molecule has 0 atom stereocenters. The minimum atomic E-state index is -1.63. The van der Waals surface area contributed by atoms with Crippen molar-refractivity contribution in [2.24, 2.45) is 0 Å². The molecular formula is C17H20OSi. The van der Waals surface area contributed by atoms with Gasteiger partial charge in [-0.2, -0.15) is 0 Å². The van der Waals surface area contributed by atoms with E-state index >= 15 is 0 Å². The first-order chi connectivity index (χ1) is 9.04. The molecular weight excluding hydrogens is 248 g/mol. The maximum atomic E-state index is 6.23. The summed E-state index contributed by atoms with van der Waals surface area (Å²) in [5.74, 6) is 0.964. The van der Waals surface area contributed by atoms with Gasteiger partial charge >= 0.3 is 0 Å². The summed E-state index contributed by atoms with van der Waals surface area (Å²) < 4.78 is 6.23. The van der Waals surface area contributed by atoms with Gasteiger partial charge in [0.1, 0.15) is 5.76 Å². The van der Waals surface area contributed by atoms with Gasteiger partial charge in [-0.05, 0) is 31.3 Å². The third-order valence-corrected chi connectivity index (χ3v) is 3.40. The lowest BCUT2D eigenvalue weighted by Gasteiger charge is -2.22. The van der Waals surface area contributed by atoms with Gasteiger partial charge in [0.25, 0.3) is 0 Å². The van der Waals surface area contributed by atoms with Crippen LogP contribution in [0, 0.1) is 0 Å². The Kier molecular flexibility index (Phi) is 4.22. The van der Waals surface area contributed by atoms with Crippen molar-refractivity contribution < 1.29 is 4.43 Å². The fourth-order valence-electron chi connectivity index (χ4n) is 1.80. The largest absolute Gasteiger partial charge is 0.544 e. The van der Waals surface area contributed by atoms with Crippen molar-refractivity contribution in [1.29, 1.82) is 0 Å². The van der Waals surface area contributed by atoms with Gasteiger partial charge in [-0.3, -0.25) is 0 Å². The van der Waals surface area contributed by atoms with Gasteiger partial charge in [0.05, 0.1) is 0 Å². The van der Waals surface area contributed by atoms with Crippen molar-refractivity contribution in [2.75, 3.05) is 0 Å². The van der Waals surface area contributed by atoms with Gasteiger partial charge in [-0.15, -0.1) is 0 Å². The zero-order valence-corrected chi connectivity index (χ0v) is 12.8. The number of rotatable bonds is 4. The molecule has 0 radical (unpaired) electrons. The standard InChI is InChI=1S/C17H20OSi/c1-19(2,3)18-17(16-12-8-5-9-13-16)14-15-10-6-4-7-11-15/h4-14H,1-3H3/b17-14+. The van der Waals surface area contributed by atoms with Crippen LogP contribution in [0.5, 0.6) is 0 Å². The minimum absolute atomic E-state index is 0.964. The van der Waals surface area contributed by atoms with Gasteiger partial charge in [-0.25, -0.2) is 0 Å². The molecule has 0 saturated heterocycles. The van der Waals surface area contributed by atoms with Crippen molar-refractivity contribution in [3.05, 3.63) is 71.8 Å². The van der Waals surface area contributed by atoms with E-state index in [0.29, 0.717) is 0 Å². The average Bonchev–Trinajstić information content (AvgIpc) is 2.39. The highest BCUT2D eigenvalue weighted by molar-refractivity contribution is 6.70. The lowest BCUT2D eigenvalue weighted by Crippen LogP contribution is -2.24. The van der Waals surface area contributed by atoms with E-state index in [1.54, 1.807) is 0 Å². The second-order valence-corrected chi connectivity index (χ2v) is 9.93. The molecule has 0 spiro atoms. The molecule has 0 aliphatic carbocycles. The summed E-state index contributed by atoms with van der Waals surface area (Å²) in [6, 6.07) is 20.6. The molecule has 0 unspecified atom stereocenters. The molecule has 0 amide bonds. The van der Waals surface area contributed by atoms with Crippen LogP contribution in [0.2, 0.25) is 19.6 Å². The van der Waals surface area contributed by atoms with E-state index in [1.807, 2.05) is 36.4 Å². The number of hydrogen-bond acceptors (Lipinski definition) is 1. The van der Waals surface area contributed by atoms with Crippen molar-refractivity contribution in [3.8, 4) is 0 Å². The van der Waals surface area contributed by atoms with Gasteiger partial charge in [-0.1, -0.05) is 60.7 Å². The van der Waals surface area contributed by atoms with E-state index in [-0.39, 0.29) is 0 Å². The first-order valence-electron chi connectivity index (χ1n) is 6.56. The van der Waals surface area contributed by atoms with Crippen LogP contribution in [0.25, 0.3) is 11.8 Å². The first kappa shape index (κ1) is 13.6. The number of hydrogen-bond donors (Lipinski definition) is 0. The van der Waals surface area contributed by atoms with Crippen molar-refractivity contribution in [2.45, 2.75) is 19.6 Å². The van der Waals surface area contributed by atoms with E-state index < -0.39 is 8.32 Å². The van der Waals surface area contributed by atoms with Gasteiger partial charge in [0.15, 0.2) is 0 Å². The van der Waals surface area contributed by atoms with Gasteiger partial charge < -0.3 is 4.43 Å². The molecule has 0 aliphatic rings. The molecule has 0 fully saturated rings. The summed E-state index contributed by atoms with van der Waals surface area (Å²) in [6.07, 6.45) is 2.12. The second kappa shape index (κ2) is 5.89. The van der Waals surface area contributed by atoms with E-state index in [2.05, 4.69) is 50.0 Å². The Morgan fingerprint density at radius 3 is 1.89 bits per heavy atom. The predicted octanol–water partition coefficient (Wildman–Crippen LogP) is 5.04. The Bertz CT molecular complexity index is 538. The Morgan fingerprint density at radius 1 is 0.842 bits per heavy atom. The molecule has 19 heavy (non-hydrogen) atoms. The summed E-state index contributed by atoms with van der Waals surface area (Å²) in [4.78, 5) is 0. The highest BCUT2D eigenvalue weighted by Gasteiger charge is 2.18. The molecule has 0 aromatic heterocycles. The van der Waals surface area contributed by atoms with Crippen LogP contribution >= 0.6 is 0 Å². The van der Waals surface area contributed by atoms with Crippen LogP contribution in [-0.4, -0.2) is 8.32 Å². The van der Waals surface area contributed by atoms with E-state index in [4.69, 9.17) is 4.43 Å². The molecule has 0 heterocycles. The smallest absolute Gasteiger partial charge is 0.242 e. The summed E-state index contributed by atoms with van der Waals surface area (Å²) in [5, 5.41) is 0. The summed E-state index contributed by atoms with van der Waals surface area (Å²) in [5.41, 5.74) is 2.30. The Balaban J connectivity index is 2.38. The molecule has 2 aromatic carbocycles. The maximum absolute atomic E-state index is 6.23. The lowest BCUT2D eigenvalue weighted by atomic mass is 10.1. The van der Waals surface area contributed by atoms with Crippen molar-refractivity contribution >= 4 is 20.2 Å². The first-order valence-corrected chi connectivity index (χ1v) is 9.97. The molecule has 2 rings (SSSR count). The van der Waals surface area contributed by atoms with Crippen LogP contribution < -0.4 is 0 Å². The Labute approximate surface area is 116 Å². The molecule has 98 valence electrons. The van der Waals surface area contributed by atoms with E-state index in [1.165, 1.54) is 5.56 Å². The molecule has 1 nitrogen and oxygen atoms in total. The summed E-state index contributed by atoms with van der Waals surface area (Å²) >= 11 is 0.